The van der Waals surface area contributed by atoms with E-state index in [9.17, 15) is 22.8 Å². The third-order valence-electron chi connectivity index (χ3n) is 3.28. The number of amides is 2. The van der Waals surface area contributed by atoms with Crippen molar-refractivity contribution in [3.63, 3.8) is 0 Å². The van der Waals surface area contributed by atoms with Crippen LogP contribution in [0.1, 0.15) is 25.6 Å². The summed E-state index contributed by atoms with van der Waals surface area (Å²) in [7, 11) is -3.84. The summed E-state index contributed by atoms with van der Waals surface area (Å²) >= 11 is 6.82. The molecule has 1 aromatic carbocycles. The highest BCUT2D eigenvalue weighted by Gasteiger charge is 2.39. The SMILES string of the molecule is O=C(CS(=O)(=O)Cc1ccc(Cl)s1)ON1C(=O)c2ccccc2C1=O. The molecule has 2 aromatic rings. The van der Waals surface area contributed by atoms with E-state index < -0.39 is 33.4 Å². The van der Waals surface area contributed by atoms with Crippen LogP contribution >= 0.6 is 22.9 Å². The summed E-state index contributed by atoms with van der Waals surface area (Å²) < 4.78 is 24.5. The van der Waals surface area contributed by atoms with Crippen molar-refractivity contribution in [2.45, 2.75) is 5.75 Å². The molecule has 0 aliphatic carbocycles. The Hall–Kier alpha value is -2.23. The third-order valence-corrected chi connectivity index (χ3v) is 6.12. The number of hydrogen-bond donors (Lipinski definition) is 0. The first kappa shape index (κ1) is 17.6. The number of carbonyl (C=O) groups is 3. The van der Waals surface area contributed by atoms with Gasteiger partial charge in [-0.25, -0.2) is 13.2 Å². The molecule has 130 valence electrons. The van der Waals surface area contributed by atoms with Crippen LogP contribution in [0.5, 0.6) is 0 Å². The van der Waals surface area contributed by atoms with Gasteiger partial charge in [0, 0.05) is 4.88 Å². The van der Waals surface area contributed by atoms with Crippen molar-refractivity contribution in [2.75, 3.05) is 5.75 Å². The van der Waals surface area contributed by atoms with Crippen LogP contribution in [0.3, 0.4) is 0 Å². The number of hydrogen-bond acceptors (Lipinski definition) is 7. The minimum absolute atomic E-state index is 0.0939. The summed E-state index contributed by atoms with van der Waals surface area (Å²) in [4.78, 5) is 41.2. The lowest BCUT2D eigenvalue weighted by atomic mass is 10.1. The first-order valence-electron chi connectivity index (χ1n) is 6.90. The maximum atomic E-state index is 12.1. The second-order valence-corrected chi connectivity index (χ2v) is 9.02. The molecule has 25 heavy (non-hydrogen) atoms. The van der Waals surface area contributed by atoms with Gasteiger partial charge < -0.3 is 4.84 Å². The Balaban J connectivity index is 1.67. The Labute approximate surface area is 151 Å². The lowest BCUT2D eigenvalue weighted by molar-refractivity contribution is -0.165. The van der Waals surface area contributed by atoms with E-state index in [-0.39, 0.29) is 21.9 Å². The molecule has 0 N–H and O–H groups in total. The lowest BCUT2D eigenvalue weighted by Gasteiger charge is -2.12. The monoisotopic (exact) mass is 399 g/mol. The van der Waals surface area contributed by atoms with Crippen molar-refractivity contribution in [1.29, 1.82) is 0 Å². The minimum Gasteiger partial charge on any atom is -0.329 e. The van der Waals surface area contributed by atoms with Gasteiger partial charge in [-0.15, -0.1) is 11.3 Å². The number of benzene rings is 1. The van der Waals surface area contributed by atoms with Crippen molar-refractivity contribution in [2.24, 2.45) is 0 Å². The fourth-order valence-corrected chi connectivity index (χ4v) is 4.96. The van der Waals surface area contributed by atoms with Gasteiger partial charge in [-0.3, -0.25) is 9.59 Å². The molecular weight excluding hydrogens is 390 g/mol. The van der Waals surface area contributed by atoms with Crippen LogP contribution in [-0.2, 0) is 25.2 Å². The van der Waals surface area contributed by atoms with Crippen LogP contribution in [0, 0.1) is 0 Å². The van der Waals surface area contributed by atoms with Crippen molar-refractivity contribution < 1.29 is 27.6 Å². The van der Waals surface area contributed by atoms with E-state index in [2.05, 4.69) is 0 Å². The number of carbonyl (C=O) groups excluding carboxylic acids is 3. The Morgan fingerprint density at radius 2 is 1.68 bits per heavy atom. The lowest BCUT2D eigenvalue weighted by Crippen LogP contribution is -2.35. The van der Waals surface area contributed by atoms with Gasteiger partial charge in [0.1, 0.15) is 0 Å². The van der Waals surface area contributed by atoms with E-state index in [1.807, 2.05) is 0 Å². The Morgan fingerprint density at radius 1 is 1.08 bits per heavy atom. The Bertz CT molecular complexity index is 946. The smallest absolute Gasteiger partial charge is 0.329 e. The van der Waals surface area contributed by atoms with Crippen LogP contribution in [0.2, 0.25) is 4.34 Å². The summed E-state index contributed by atoms with van der Waals surface area (Å²) in [6, 6.07) is 9.05. The summed E-state index contributed by atoms with van der Waals surface area (Å²) in [5, 5.41) is 0.282. The maximum Gasteiger partial charge on any atom is 0.348 e. The van der Waals surface area contributed by atoms with Gasteiger partial charge in [-0.05, 0) is 24.3 Å². The number of hydroxylamine groups is 2. The first-order valence-corrected chi connectivity index (χ1v) is 9.92. The number of imide groups is 1. The van der Waals surface area contributed by atoms with Crippen molar-refractivity contribution in [3.05, 3.63) is 56.7 Å². The van der Waals surface area contributed by atoms with E-state index in [1.54, 1.807) is 24.3 Å². The highest BCUT2D eigenvalue weighted by molar-refractivity contribution is 7.91. The number of sulfone groups is 1. The van der Waals surface area contributed by atoms with Crippen LogP contribution in [0.4, 0.5) is 0 Å². The topological polar surface area (TPSA) is 97.8 Å². The summed E-state index contributed by atoms with van der Waals surface area (Å²) in [6.45, 7) is 0. The molecule has 1 aliphatic rings. The molecule has 2 amide bonds. The molecule has 0 spiro atoms. The first-order chi connectivity index (χ1) is 11.8. The van der Waals surface area contributed by atoms with Crippen LogP contribution < -0.4 is 0 Å². The van der Waals surface area contributed by atoms with Gasteiger partial charge in [0.05, 0.1) is 21.2 Å². The predicted octanol–water partition coefficient (Wildman–Crippen LogP) is 2.07. The van der Waals surface area contributed by atoms with Gasteiger partial charge in [0.2, 0.25) is 0 Å². The van der Waals surface area contributed by atoms with Crippen molar-refractivity contribution in [1.82, 2.24) is 5.06 Å². The van der Waals surface area contributed by atoms with Crippen molar-refractivity contribution in [3.8, 4) is 0 Å². The molecule has 0 bridgehead atoms. The predicted molar refractivity (Wildman–Crippen MR) is 89.9 cm³/mol. The molecular formula is C15H10ClNO6S2. The number of fused-ring (bicyclic) bond motifs is 1. The fraction of sp³-hybridized carbons (Fsp3) is 0.133. The number of thiophene rings is 1. The maximum absolute atomic E-state index is 12.1. The molecule has 10 heteroatoms. The summed E-state index contributed by atoms with van der Waals surface area (Å²) in [5.74, 6) is -4.18. The largest absolute Gasteiger partial charge is 0.348 e. The van der Waals surface area contributed by atoms with E-state index in [0.29, 0.717) is 9.21 Å². The molecule has 0 fully saturated rings. The summed E-state index contributed by atoms with van der Waals surface area (Å²) in [6.07, 6.45) is 0. The average molecular weight is 400 g/mol. The zero-order valence-electron chi connectivity index (χ0n) is 12.5. The quantitative estimate of drug-likeness (QED) is 0.714. The van der Waals surface area contributed by atoms with E-state index in [1.165, 1.54) is 12.1 Å². The van der Waals surface area contributed by atoms with Gasteiger partial charge in [0.25, 0.3) is 11.8 Å². The zero-order chi connectivity index (χ0) is 18.2. The minimum atomic E-state index is -3.84. The molecule has 1 aromatic heterocycles. The Morgan fingerprint density at radius 3 is 2.20 bits per heavy atom. The average Bonchev–Trinajstić information content (AvgIpc) is 3.03. The third kappa shape index (κ3) is 3.73. The number of halogens is 1. The van der Waals surface area contributed by atoms with Crippen LogP contribution in [-0.4, -0.2) is 37.0 Å². The number of rotatable bonds is 5. The molecule has 0 atom stereocenters. The van der Waals surface area contributed by atoms with Crippen LogP contribution in [0.15, 0.2) is 36.4 Å². The van der Waals surface area contributed by atoms with Gasteiger partial charge in [0.15, 0.2) is 15.6 Å². The van der Waals surface area contributed by atoms with E-state index in [4.69, 9.17) is 16.4 Å². The zero-order valence-corrected chi connectivity index (χ0v) is 14.9. The molecule has 0 unspecified atom stereocenters. The van der Waals surface area contributed by atoms with E-state index in [0.717, 1.165) is 11.3 Å². The molecule has 0 radical (unpaired) electrons. The summed E-state index contributed by atoms with van der Waals surface area (Å²) in [5.41, 5.74) is 0.188. The second kappa shape index (κ2) is 6.58. The molecule has 0 saturated heterocycles. The molecule has 7 nitrogen and oxygen atoms in total. The van der Waals surface area contributed by atoms with Gasteiger partial charge >= 0.3 is 5.97 Å². The van der Waals surface area contributed by atoms with Gasteiger partial charge in [-0.1, -0.05) is 28.8 Å². The molecule has 0 saturated carbocycles. The second-order valence-electron chi connectivity index (χ2n) is 5.15. The highest BCUT2D eigenvalue weighted by atomic mass is 35.5. The van der Waals surface area contributed by atoms with Crippen LogP contribution in [0.25, 0.3) is 0 Å². The Kier molecular flexibility index (Phi) is 4.63. The van der Waals surface area contributed by atoms with Crippen molar-refractivity contribution >= 4 is 50.6 Å². The number of nitrogens with zero attached hydrogens (tertiary/aromatic N) is 1. The molecule has 3 rings (SSSR count). The normalized spacial score (nSPS) is 13.9. The highest BCUT2D eigenvalue weighted by Crippen LogP contribution is 2.24. The van der Waals surface area contributed by atoms with E-state index >= 15 is 0 Å². The standard InChI is InChI=1S/C15H10ClNO6S2/c16-12-6-5-9(24-12)7-25(21,22)8-13(18)23-17-14(19)10-3-1-2-4-11(10)15(17)20/h1-6H,7-8H2. The fourth-order valence-electron chi connectivity index (χ4n) is 2.25. The molecule has 1 aliphatic heterocycles. The van der Waals surface area contributed by atoms with Gasteiger partial charge in [-0.2, -0.15) is 0 Å². The molecule has 2 heterocycles.